The Labute approximate surface area is 120 Å². The molecule has 0 saturated carbocycles. The van der Waals surface area contributed by atoms with Crippen molar-refractivity contribution in [3.63, 3.8) is 0 Å². The third-order valence-electron chi connectivity index (χ3n) is 2.52. The molecule has 0 radical (unpaired) electrons. The molecule has 0 aromatic carbocycles. The zero-order valence-electron chi connectivity index (χ0n) is 12.4. The number of rotatable bonds is 11. The van der Waals surface area contributed by atoms with Crippen molar-refractivity contribution in [1.29, 1.82) is 0 Å². The lowest BCUT2D eigenvalue weighted by Gasteiger charge is -2.13. The number of aromatic nitrogens is 2. The summed E-state index contributed by atoms with van der Waals surface area (Å²) >= 11 is 0. The molecule has 0 aliphatic heterocycles. The average Bonchev–Trinajstić information content (AvgIpc) is 2.48. The van der Waals surface area contributed by atoms with Crippen LogP contribution in [-0.4, -0.2) is 57.1 Å². The van der Waals surface area contributed by atoms with Gasteiger partial charge < -0.3 is 24.8 Å². The fourth-order valence-corrected chi connectivity index (χ4v) is 1.55. The molecule has 114 valence electrons. The Morgan fingerprint density at radius 3 is 2.30 bits per heavy atom. The number of anilines is 2. The monoisotopic (exact) mass is 284 g/mol. The van der Waals surface area contributed by atoms with Gasteiger partial charge in [0.25, 0.3) is 0 Å². The van der Waals surface area contributed by atoms with Crippen LogP contribution in [0.15, 0.2) is 6.33 Å². The van der Waals surface area contributed by atoms with Crippen molar-refractivity contribution in [3.8, 4) is 5.75 Å². The first-order valence-corrected chi connectivity index (χ1v) is 6.76. The summed E-state index contributed by atoms with van der Waals surface area (Å²) in [6, 6.07) is 0. The van der Waals surface area contributed by atoms with Gasteiger partial charge in [-0.05, 0) is 6.42 Å². The maximum Gasteiger partial charge on any atom is 0.204 e. The zero-order valence-corrected chi connectivity index (χ0v) is 12.4. The van der Waals surface area contributed by atoms with E-state index in [0.29, 0.717) is 43.8 Å². The normalized spacial score (nSPS) is 10.3. The number of hydrogen-bond acceptors (Lipinski definition) is 7. The van der Waals surface area contributed by atoms with Crippen LogP contribution in [0.5, 0.6) is 5.75 Å². The Balaban J connectivity index is 2.47. The molecule has 0 aliphatic rings. The van der Waals surface area contributed by atoms with Crippen LogP contribution in [0, 0.1) is 0 Å². The molecule has 0 fully saturated rings. The summed E-state index contributed by atoms with van der Waals surface area (Å²) in [5.74, 6) is 1.99. The van der Waals surface area contributed by atoms with Crippen molar-refractivity contribution in [2.75, 3.05) is 57.8 Å². The van der Waals surface area contributed by atoms with E-state index in [9.17, 15) is 0 Å². The second-order valence-corrected chi connectivity index (χ2v) is 4.06. The maximum atomic E-state index is 5.38. The fraction of sp³-hybridized carbons (Fsp3) is 0.692. The van der Waals surface area contributed by atoms with Crippen LogP contribution in [-0.2, 0) is 9.47 Å². The third kappa shape index (κ3) is 5.58. The van der Waals surface area contributed by atoms with Crippen LogP contribution < -0.4 is 15.4 Å². The highest BCUT2D eigenvalue weighted by Gasteiger charge is 2.10. The summed E-state index contributed by atoms with van der Waals surface area (Å²) in [5.41, 5.74) is 0. The van der Waals surface area contributed by atoms with Gasteiger partial charge in [0.2, 0.25) is 5.75 Å². The lowest BCUT2D eigenvalue weighted by atomic mass is 10.4. The van der Waals surface area contributed by atoms with Crippen molar-refractivity contribution in [2.45, 2.75) is 13.3 Å². The fourth-order valence-electron chi connectivity index (χ4n) is 1.55. The van der Waals surface area contributed by atoms with Crippen LogP contribution in [0.4, 0.5) is 11.6 Å². The highest BCUT2D eigenvalue weighted by molar-refractivity contribution is 5.63. The molecule has 0 bridgehead atoms. The Morgan fingerprint density at radius 1 is 1.00 bits per heavy atom. The average molecular weight is 284 g/mol. The topological polar surface area (TPSA) is 77.5 Å². The van der Waals surface area contributed by atoms with E-state index in [2.05, 4.69) is 27.5 Å². The lowest BCUT2D eigenvalue weighted by Crippen LogP contribution is -2.14. The molecular weight excluding hydrogens is 260 g/mol. The first-order chi connectivity index (χ1) is 9.83. The second kappa shape index (κ2) is 10.2. The molecule has 7 nitrogen and oxygen atoms in total. The predicted octanol–water partition coefficient (Wildman–Crippen LogP) is 1.38. The summed E-state index contributed by atoms with van der Waals surface area (Å²) in [6.45, 7) is 5.34. The molecule has 0 atom stereocenters. The summed E-state index contributed by atoms with van der Waals surface area (Å²) in [6.07, 6.45) is 2.53. The largest absolute Gasteiger partial charge is 0.490 e. The van der Waals surface area contributed by atoms with Gasteiger partial charge in [0, 0.05) is 20.2 Å². The van der Waals surface area contributed by atoms with Gasteiger partial charge in [-0.3, -0.25) is 0 Å². The molecule has 0 unspecified atom stereocenters. The van der Waals surface area contributed by atoms with Crippen molar-refractivity contribution in [3.05, 3.63) is 6.33 Å². The van der Waals surface area contributed by atoms with Crippen molar-refractivity contribution in [1.82, 2.24) is 9.97 Å². The van der Waals surface area contributed by atoms with Crippen LogP contribution in [0.2, 0.25) is 0 Å². The minimum atomic E-state index is 0.578. The number of hydrogen-bond donors (Lipinski definition) is 2. The van der Waals surface area contributed by atoms with Crippen LogP contribution in [0.25, 0.3) is 0 Å². The quantitative estimate of drug-likeness (QED) is 0.594. The number of nitrogens with zero attached hydrogens (tertiary/aromatic N) is 2. The van der Waals surface area contributed by atoms with E-state index in [1.807, 2.05) is 0 Å². The Hall–Kier alpha value is -1.60. The molecular formula is C13H24N4O3. The molecule has 20 heavy (non-hydrogen) atoms. The van der Waals surface area contributed by atoms with Gasteiger partial charge in [0.15, 0.2) is 11.6 Å². The lowest BCUT2D eigenvalue weighted by molar-refractivity contribution is 0.0759. The minimum Gasteiger partial charge on any atom is -0.490 e. The Kier molecular flexibility index (Phi) is 8.41. The van der Waals surface area contributed by atoms with Gasteiger partial charge in [-0.1, -0.05) is 6.92 Å². The molecule has 0 spiro atoms. The smallest absolute Gasteiger partial charge is 0.204 e. The molecule has 1 aromatic heterocycles. The second-order valence-electron chi connectivity index (χ2n) is 4.06. The number of ether oxygens (including phenoxy) is 3. The van der Waals surface area contributed by atoms with Crippen LogP contribution >= 0.6 is 0 Å². The number of methoxy groups -OCH3 is 2. The van der Waals surface area contributed by atoms with E-state index in [-0.39, 0.29) is 0 Å². The van der Waals surface area contributed by atoms with E-state index in [4.69, 9.17) is 14.2 Å². The maximum absolute atomic E-state index is 5.38. The standard InChI is InChI=1S/C13H24N4O3/c1-4-5-14-12-11(19-3)13(17-10-16-12)15-6-7-20-9-8-18-2/h10H,4-9H2,1-3H3,(H2,14,15,16,17). The van der Waals surface area contributed by atoms with E-state index >= 15 is 0 Å². The highest BCUT2D eigenvalue weighted by atomic mass is 16.5. The first-order valence-electron chi connectivity index (χ1n) is 6.76. The minimum absolute atomic E-state index is 0.578. The molecule has 1 rings (SSSR count). The SMILES string of the molecule is CCCNc1ncnc(NCCOCCOC)c1OC. The van der Waals surface area contributed by atoms with Gasteiger partial charge in [-0.15, -0.1) is 0 Å². The van der Waals surface area contributed by atoms with Gasteiger partial charge in [0.1, 0.15) is 6.33 Å². The summed E-state index contributed by atoms with van der Waals surface area (Å²) in [4.78, 5) is 8.37. The predicted molar refractivity (Wildman–Crippen MR) is 78.5 cm³/mol. The summed E-state index contributed by atoms with van der Waals surface area (Å²) < 4.78 is 15.6. The molecule has 0 amide bonds. The van der Waals surface area contributed by atoms with Gasteiger partial charge in [-0.2, -0.15) is 0 Å². The Morgan fingerprint density at radius 2 is 1.70 bits per heavy atom. The molecule has 7 heteroatoms. The van der Waals surface area contributed by atoms with Gasteiger partial charge in [0.05, 0.1) is 26.9 Å². The first kappa shape index (κ1) is 16.5. The van der Waals surface area contributed by atoms with E-state index in [1.165, 1.54) is 6.33 Å². The van der Waals surface area contributed by atoms with Crippen molar-refractivity contribution < 1.29 is 14.2 Å². The Bertz CT molecular complexity index is 377. The molecule has 1 heterocycles. The summed E-state index contributed by atoms with van der Waals surface area (Å²) in [7, 11) is 3.26. The summed E-state index contributed by atoms with van der Waals surface area (Å²) in [5, 5.41) is 6.38. The molecule has 0 saturated heterocycles. The van der Waals surface area contributed by atoms with Crippen molar-refractivity contribution in [2.24, 2.45) is 0 Å². The third-order valence-corrected chi connectivity index (χ3v) is 2.52. The van der Waals surface area contributed by atoms with Crippen molar-refractivity contribution >= 4 is 11.6 Å². The molecule has 2 N–H and O–H groups in total. The molecule has 1 aromatic rings. The molecule has 0 aliphatic carbocycles. The van der Waals surface area contributed by atoms with Gasteiger partial charge >= 0.3 is 0 Å². The van der Waals surface area contributed by atoms with E-state index < -0.39 is 0 Å². The number of nitrogens with one attached hydrogen (secondary N) is 2. The van der Waals surface area contributed by atoms with Crippen LogP contribution in [0.1, 0.15) is 13.3 Å². The van der Waals surface area contributed by atoms with Crippen LogP contribution in [0.3, 0.4) is 0 Å². The highest BCUT2D eigenvalue weighted by Crippen LogP contribution is 2.28. The van der Waals surface area contributed by atoms with E-state index in [1.54, 1.807) is 14.2 Å². The van der Waals surface area contributed by atoms with Gasteiger partial charge in [-0.25, -0.2) is 9.97 Å². The van der Waals surface area contributed by atoms with E-state index in [0.717, 1.165) is 13.0 Å². The zero-order chi connectivity index (χ0) is 14.6.